The summed E-state index contributed by atoms with van der Waals surface area (Å²) in [5.41, 5.74) is 3.87. The summed E-state index contributed by atoms with van der Waals surface area (Å²) in [4.78, 5) is 4.47. The van der Waals surface area contributed by atoms with E-state index in [1.54, 1.807) is 13.8 Å². The molecule has 1 saturated heterocycles. The standard InChI is InChI=1S/C25H17B2F2N2.C5H12O2.Pt/c28-22-15-11-20(12-16-22)26-27(21-13-17-23(29)18-14-21)31(25-9-5-2-6-10-25)19-30(26)24-7-3-1-4-8-24;1-4(6)3-5(2)7;/h1-9,11-18H;4-7H,3H2,1-2H3;/q-1;;. The van der Waals surface area contributed by atoms with Gasteiger partial charge in [0.05, 0.1) is 12.2 Å². The molecule has 1 aliphatic rings. The number of halogens is 2. The molecule has 9 heteroatoms. The van der Waals surface area contributed by atoms with E-state index in [4.69, 9.17) is 10.2 Å². The van der Waals surface area contributed by atoms with Gasteiger partial charge in [-0.3, -0.25) is 0 Å². The second-order valence-electron chi connectivity index (χ2n) is 9.49. The van der Waals surface area contributed by atoms with Crippen LogP contribution in [0.25, 0.3) is 0 Å². The second-order valence-corrected chi connectivity index (χ2v) is 10.5. The van der Waals surface area contributed by atoms with Crippen molar-refractivity contribution in [3.8, 4) is 0 Å². The van der Waals surface area contributed by atoms with E-state index in [-0.39, 0.29) is 37.3 Å². The van der Waals surface area contributed by atoms with E-state index in [9.17, 15) is 8.78 Å². The second kappa shape index (κ2) is 13.3. The Morgan fingerprint density at radius 1 is 0.718 bits per heavy atom. The molecular weight excluding hydrogens is 675 g/mol. The van der Waals surface area contributed by atoms with Crippen molar-refractivity contribution in [2.75, 3.05) is 9.62 Å². The van der Waals surface area contributed by atoms with Crippen molar-refractivity contribution in [2.45, 2.75) is 32.5 Å². The van der Waals surface area contributed by atoms with Crippen LogP contribution < -0.4 is 20.5 Å². The SMILES string of the molecule is CC(O)CC(C)O.Fc1ccc(B2B(c3ccc(F)cc3)N(c3ccccc3)[C](=[Pt])N2c2[c-]cccc2)cc1. The normalized spacial score (nSPS) is 14.7. The number of aliphatic hydroxyl groups is 2. The summed E-state index contributed by atoms with van der Waals surface area (Å²) < 4.78 is 28.6. The Bertz CT molecular complexity index is 1240. The third-order valence-electron chi connectivity index (χ3n) is 6.32. The van der Waals surface area contributed by atoms with Crippen molar-refractivity contribution in [3.05, 3.63) is 121 Å². The summed E-state index contributed by atoms with van der Waals surface area (Å²) in [6, 6.07) is 34.6. The molecule has 202 valence electrons. The zero-order chi connectivity index (χ0) is 27.9. The summed E-state index contributed by atoms with van der Waals surface area (Å²) in [7, 11) is 0. The first-order valence-electron chi connectivity index (χ1n) is 12.7. The zero-order valence-corrected chi connectivity index (χ0v) is 24.0. The summed E-state index contributed by atoms with van der Waals surface area (Å²) in [6.45, 7) is 2.98. The van der Waals surface area contributed by atoms with Gasteiger partial charge >= 0.3 is 199 Å². The predicted molar refractivity (Wildman–Crippen MR) is 153 cm³/mol. The predicted octanol–water partition coefficient (Wildman–Crippen LogP) is 3.74. The van der Waals surface area contributed by atoms with Gasteiger partial charge in [-0.25, -0.2) is 0 Å². The van der Waals surface area contributed by atoms with Crippen molar-refractivity contribution in [1.29, 1.82) is 0 Å². The Labute approximate surface area is 240 Å². The van der Waals surface area contributed by atoms with Gasteiger partial charge in [0.1, 0.15) is 0 Å². The molecule has 39 heavy (non-hydrogen) atoms. The molecule has 4 nitrogen and oxygen atoms in total. The first-order chi connectivity index (χ1) is 18.8. The average Bonchev–Trinajstić information content (AvgIpc) is 3.23. The third kappa shape index (κ3) is 7.13. The van der Waals surface area contributed by atoms with Crippen LogP contribution in [0.15, 0.2) is 103 Å². The van der Waals surface area contributed by atoms with E-state index >= 15 is 0 Å². The monoisotopic (exact) mass is 704 g/mol. The molecular formula is C30H29B2F2N2O2Pt-. The van der Waals surface area contributed by atoms with Crippen molar-refractivity contribution in [2.24, 2.45) is 0 Å². The summed E-state index contributed by atoms with van der Waals surface area (Å²) in [5.74, 6) is -0.551. The topological polar surface area (TPSA) is 46.9 Å². The summed E-state index contributed by atoms with van der Waals surface area (Å²) >= 11 is 2.34. The van der Waals surface area contributed by atoms with E-state index in [0.717, 1.165) is 26.4 Å². The molecule has 0 aromatic heterocycles. The van der Waals surface area contributed by atoms with Crippen LogP contribution in [0, 0.1) is 17.7 Å². The van der Waals surface area contributed by atoms with Crippen LogP contribution in [0.4, 0.5) is 20.2 Å². The molecule has 0 saturated carbocycles. The molecule has 2 N–H and O–H groups in total. The van der Waals surface area contributed by atoms with Crippen LogP contribution in [0.2, 0.25) is 0 Å². The maximum atomic E-state index is 13.8. The number of anilines is 2. The van der Waals surface area contributed by atoms with E-state index in [2.05, 4.69) is 47.2 Å². The fraction of sp³-hybridized carbons (Fsp3) is 0.167. The van der Waals surface area contributed by atoms with Gasteiger partial charge in [-0.15, -0.1) is 0 Å². The zero-order valence-electron chi connectivity index (χ0n) is 21.7. The van der Waals surface area contributed by atoms with E-state index in [1.807, 2.05) is 66.7 Å². The molecule has 4 aromatic rings. The van der Waals surface area contributed by atoms with E-state index in [1.165, 1.54) is 24.3 Å². The minimum absolute atomic E-state index is 0.162. The molecule has 5 rings (SSSR count). The molecule has 0 bridgehead atoms. The van der Waals surface area contributed by atoms with Gasteiger partial charge in [0.25, 0.3) is 0 Å². The molecule has 4 aromatic carbocycles. The van der Waals surface area contributed by atoms with Crippen LogP contribution in [0.5, 0.6) is 0 Å². The molecule has 1 fully saturated rings. The van der Waals surface area contributed by atoms with Gasteiger partial charge < -0.3 is 10.2 Å². The van der Waals surface area contributed by atoms with Gasteiger partial charge in [0.15, 0.2) is 0 Å². The Hall–Kier alpha value is -3.05. The van der Waals surface area contributed by atoms with Crippen LogP contribution in [-0.2, 0) is 19.4 Å². The number of hydrogen-bond donors (Lipinski definition) is 2. The molecule has 1 heterocycles. The van der Waals surface area contributed by atoms with Crippen LogP contribution >= 0.6 is 0 Å². The average molecular weight is 704 g/mol. The molecule has 0 spiro atoms. The number of aliphatic hydroxyl groups excluding tert-OH is 2. The van der Waals surface area contributed by atoms with Crippen molar-refractivity contribution in [3.63, 3.8) is 0 Å². The van der Waals surface area contributed by atoms with Crippen LogP contribution in [-0.4, -0.2) is 40.0 Å². The Kier molecular flexibility index (Phi) is 9.90. The molecule has 0 radical (unpaired) electrons. The van der Waals surface area contributed by atoms with Gasteiger partial charge in [0.2, 0.25) is 0 Å². The van der Waals surface area contributed by atoms with E-state index in [0.29, 0.717) is 6.42 Å². The fourth-order valence-corrected chi connectivity index (χ4v) is 5.91. The van der Waals surface area contributed by atoms with E-state index < -0.39 is 0 Å². The number of benzene rings is 4. The molecule has 1 aliphatic heterocycles. The minimum atomic E-state index is -0.375. The molecule has 0 aliphatic carbocycles. The number of rotatable bonds is 6. The first-order valence-corrected chi connectivity index (χ1v) is 13.9. The first kappa shape index (κ1) is 28.9. The van der Waals surface area contributed by atoms with Gasteiger partial charge in [0, 0.05) is 0 Å². The molecule has 2 atom stereocenters. The summed E-state index contributed by atoms with van der Waals surface area (Å²) in [5, 5.41) is 17.1. The van der Waals surface area contributed by atoms with Gasteiger partial charge in [-0.1, -0.05) is 0 Å². The Morgan fingerprint density at radius 2 is 1.21 bits per heavy atom. The molecule has 2 unspecified atom stereocenters. The number of hydrogen-bond acceptors (Lipinski definition) is 4. The van der Waals surface area contributed by atoms with Crippen molar-refractivity contribution >= 4 is 39.9 Å². The van der Waals surface area contributed by atoms with Crippen molar-refractivity contribution < 1.29 is 38.3 Å². The molecule has 0 amide bonds. The quantitative estimate of drug-likeness (QED) is 0.238. The van der Waals surface area contributed by atoms with Gasteiger partial charge in [-0.05, 0) is 20.3 Å². The van der Waals surface area contributed by atoms with Crippen LogP contribution in [0.1, 0.15) is 20.3 Å². The number of para-hydroxylation sites is 2. The van der Waals surface area contributed by atoms with Gasteiger partial charge in [-0.2, -0.15) is 0 Å². The fourth-order valence-electron chi connectivity index (χ4n) is 4.71. The Morgan fingerprint density at radius 3 is 1.64 bits per heavy atom. The van der Waals surface area contributed by atoms with Crippen molar-refractivity contribution in [1.82, 2.24) is 0 Å². The maximum absolute atomic E-state index is 13.8. The summed E-state index contributed by atoms with van der Waals surface area (Å²) in [6.07, 6.45) is -0.278. The van der Waals surface area contributed by atoms with Crippen LogP contribution in [0.3, 0.4) is 0 Å². The number of nitrogens with zero attached hydrogens (tertiary/aromatic N) is 2. The third-order valence-corrected chi connectivity index (χ3v) is 7.41. The Balaban J connectivity index is 0.000000448.